The summed E-state index contributed by atoms with van der Waals surface area (Å²) in [6, 6.07) is 10.6. The normalized spacial score (nSPS) is 14.5. The molecule has 0 amide bonds. The van der Waals surface area contributed by atoms with Gasteiger partial charge in [-0.05, 0) is 25.0 Å². The molecule has 2 aromatic heterocycles. The van der Waals surface area contributed by atoms with Gasteiger partial charge in [0.15, 0.2) is 0 Å². The van der Waals surface area contributed by atoms with Crippen molar-refractivity contribution in [3.05, 3.63) is 47.6 Å². The molecule has 1 aliphatic carbocycles. The summed E-state index contributed by atoms with van der Waals surface area (Å²) in [5.74, 6) is 0. The van der Waals surface area contributed by atoms with E-state index >= 15 is 0 Å². The second kappa shape index (κ2) is 5.38. The van der Waals surface area contributed by atoms with Gasteiger partial charge in [-0.15, -0.1) is 16.4 Å². The third kappa shape index (κ3) is 2.86. The Balaban J connectivity index is 1.52. The lowest BCUT2D eigenvalue weighted by Crippen LogP contribution is -2.15. The first-order valence-corrected chi connectivity index (χ1v) is 7.92. The first-order valence-electron chi connectivity index (χ1n) is 7.04. The van der Waals surface area contributed by atoms with E-state index < -0.39 is 0 Å². The van der Waals surface area contributed by atoms with Crippen LogP contribution in [0.4, 0.5) is 0 Å². The van der Waals surface area contributed by atoms with Gasteiger partial charge < -0.3 is 5.32 Å². The van der Waals surface area contributed by atoms with Crippen LogP contribution in [0.15, 0.2) is 41.9 Å². The number of rotatable bonds is 5. The minimum absolute atomic E-state index is 0.703. The molecule has 0 spiro atoms. The van der Waals surface area contributed by atoms with Gasteiger partial charge in [-0.2, -0.15) is 9.90 Å². The van der Waals surface area contributed by atoms with Crippen molar-refractivity contribution in [3.8, 4) is 16.4 Å². The summed E-state index contributed by atoms with van der Waals surface area (Å²) in [6.07, 6.45) is 4.36. The van der Waals surface area contributed by atoms with Gasteiger partial charge in [0.25, 0.3) is 0 Å². The average molecular weight is 297 g/mol. The van der Waals surface area contributed by atoms with Crippen molar-refractivity contribution >= 4 is 11.3 Å². The number of hydrogen-bond acceptors (Lipinski definition) is 5. The highest BCUT2D eigenvalue weighted by atomic mass is 32.1. The Morgan fingerprint density at radius 1 is 1.24 bits per heavy atom. The smallest absolute Gasteiger partial charge is 0.145 e. The van der Waals surface area contributed by atoms with Crippen molar-refractivity contribution < 1.29 is 0 Å². The van der Waals surface area contributed by atoms with E-state index in [9.17, 15) is 0 Å². The van der Waals surface area contributed by atoms with Crippen LogP contribution in [0.5, 0.6) is 0 Å². The molecule has 0 bridgehead atoms. The van der Waals surface area contributed by atoms with E-state index in [1.807, 2.05) is 30.3 Å². The zero-order chi connectivity index (χ0) is 14.1. The molecular formula is C15H15N5S. The highest BCUT2D eigenvalue weighted by Gasteiger charge is 2.20. The Morgan fingerprint density at radius 3 is 2.90 bits per heavy atom. The molecule has 0 atom stereocenters. The van der Waals surface area contributed by atoms with Crippen LogP contribution in [0.1, 0.15) is 18.5 Å². The van der Waals surface area contributed by atoms with Crippen molar-refractivity contribution in [2.24, 2.45) is 0 Å². The Labute approximate surface area is 126 Å². The molecule has 4 rings (SSSR count). The van der Waals surface area contributed by atoms with Crippen LogP contribution in [-0.4, -0.2) is 26.0 Å². The minimum atomic E-state index is 0.703. The quantitative estimate of drug-likeness (QED) is 0.786. The van der Waals surface area contributed by atoms with Crippen LogP contribution in [0.2, 0.25) is 0 Å². The molecule has 1 fully saturated rings. The van der Waals surface area contributed by atoms with Gasteiger partial charge in [0.1, 0.15) is 10.7 Å². The molecule has 5 nitrogen and oxygen atoms in total. The molecule has 21 heavy (non-hydrogen) atoms. The van der Waals surface area contributed by atoms with Crippen LogP contribution < -0.4 is 5.32 Å². The Hall–Kier alpha value is -2.05. The van der Waals surface area contributed by atoms with Gasteiger partial charge in [0.2, 0.25) is 0 Å². The average Bonchev–Trinajstić information content (AvgIpc) is 3.03. The summed E-state index contributed by atoms with van der Waals surface area (Å²) < 4.78 is 0. The Bertz CT molecular complexity index is 729. The molecule has 1 saturated carbocycles. The van der Waals surface area contributed by atoms with Gasteiger partial charge in [-0.1, -0.05) is 18.2 Å². The van der Waals surface area contributed by atoms with Crippen molar-refractivity contribution in [2.75, 3.05) is 0 Å². The van der Waals surface area contributed by atoms with Gasteiger partial charge >= 0.3 is 0 Å². The van der Waals surface area contributed by atoms with E-state index in [-0.39, 0.29) is 0 Å². The Kier molecular flexibility index (Phi) is 3.25. The molecule has 106 valence electrons. The summed E-state index contributed by atoms with van der Waals surface area (Å²) in [4.78, 5) is 6.27. The maximum atomic E-state index is 4.63. The summed E-state index contributed by atoms with van der Waals surface area (Å²) in [6.45, 7) is 0.841. The van der Waals surface area contributed by atoms with Crippen LogP contribution in [-0.2, 0) is 6.54 Å². The number of aromatic nitrogens is 4. The molecule has 0 aliphatic heterocycles. The van der Waals surface area contributed by atoms with Crippen molar-refractivity contribution in [3.63, 3.8) is 0 Å². The first-order chi connectivity index (χ1) is 10.4. The van der Waals surface area contributed by atoms with Gasteiger partial charge in [0, 0.05) is 18.0 Å². The summed E-state index contributed by atoms with van der Waals surface area (Å²) in [5, 5.41) is 15.3. The summed E-state index contributed by atoms with van der Waals surface area (Å²) in [7, 11) is 0. The number of thiazole rings is 1. The molecule has 2 heterocycles. The fourth-order valence-corrected chi connectivity index (χ4v) is 2.86. The molecule has 1 aromatic carbocycles. The van der Waals surface area contributed by atoms with E-state index in [1.165, 1.54) is 12.8 Å². The van der Waals surface area contributed by atoms with Crippen molar-refractivity contribution in [2.45, 2.75) is 25.4 Å². The molecule has 1 N–H and O–H groups in total. The van der Waals surface area contributed by atoms with Crippen molar-refractivity contribution in [1.29, 1.82) is 0 Å². The van der Waals surface area contributed by atoms with Gasteiger partial charge in [-0.25, -0.2) is 4.98 Å². The predicted molar refractivity (Wildman–Crippen MR) is 82.3 cm³/mol. The molecular weight excluding hydrogens is 282 g/mol. The molecule has 6 heteroatoms. The van der Waals surface area contributed by atoms with E-state index in [2.05, 4.69) is 25.9 Å². The molecule has 0 saturated heterocycles. The van der Waals surface area contributed by atoms with Crippen LogP contribution in [0.25, 0.3) is 16.4 Å². The number of nitrogens with zero attached hydrogens (tertiary/aromatic N) is 4. The lowest BCUT2D eigenvalue weighted by Gasteiger charge is -1.97. The summed E-state index contributed by atoms with van der Waals surface area (Å²) in [5.41, 5.74) is 2.86. The fraction of sp³-hybridized carbons (Fsp3) is 0.267. The third-order valence-electron chi connectivity index (χ3n) is 3.40. The predicted octanol–water partition coefficient (Wildman–Crippen LogP) is 2.64. The highest BCUT2D eigenvalue weighted by molar-refractivity contribution is 7.13. The maximum absolute atomic E-state index is 4.63. The number of hydrogen-bond donors (Lipinski definition) is 1. The van der Waals surface area contributed by atoms with Crippen molar-refractivity contribution in [1.82, 2.24) is 25.3 Å². The van der Waals surface area contributed by atoms with Gasteiger partial charge in [-0.3, -0.25) is 0 Å². The van der Waals surface area contributed by atoms with Crippen LogP contribution in [0.3, 0.4) is 0 Å². The number of para-hydroxylation sites is 1. The van der Waals surface area contributed by atoms with Gasteiger partial charge in [0.05, 0.1) is 17.6 Å². The van der Waals surface area contributed by atoms with E-state index in [1.54, 1.807) is 22.3 Å². The summed E-state index contributed by atoms with van der Waals surface area (Å²) >= 11 is 1.62. The van der Waals surface area contributed by atoms with E-state index in [0.717, 1.165) is 28.6 Å². The topological polar surface area (TPSA) is 55.6 Å². The second-order valence-corrected chi connectivity index (χ2v) is 6.01. The lowest BCUT2D eigenvalue weighted by atomic mass is 10.3. The molecule has 3 aromatic rings. The highest BCUT2D eigenvalue weighted by Crippen LogP contribution is 2.23. The minimum Gasteiger partial charge on any atom is -0.308 e. The molecule has 1 aliphatic rings. The SMILES string of the molecule is c1ccc(-n2ncc(-c3nc(CNC4CC4)cs3)n2)cc1. The monoisotopic (exact) mass is 297 g/mol. The maximum Gasteiger partial charge on any atom is 0.145 e. The molecule has 0 radical (unpaired) electrons. The number of benzene rings is 1. The van der Waals surface area contributed by atoms with E-state index in [0.29, 0.717) is 6.04 Å². The second-order valence-electron chi connectivity index (χ2n) is 5.15. The Morgan fingerprint density at radius 2 is 2.10 bits per heavy atom. The number of nitrogens with one attached hydrogen (secondary N) is 1. The van der Waals surface area contributed by atoms with Crippen LogP contribution in [0, 0.1) is 0 Å². The third-order valence-corrected chi connectivity index (χ3v) is 4.31. The lowest BCUT2D eigenvalue weighted by molar-refractivity contribution is 0.677. The van der Waals surface area contributed by atoms with E-state index in [4.69, 9.17) is 0 Å². The van der Waals surface area contributed by atoms with Crippen LogP contribution >= 0.6 is 11.3 Å². The zero-order valence-corrected chi connectivity index (χ0v) is 12.3. The first kappa shape index (κ1) is 12.7. The molecule has 0 unspecified atom stereocenters. The standard InChI is InChI=1S/C15H15N5S/c1-2-4-13(5-3-1)20-17-9-14(19-20)15-18-12(10-21-15)8-16-11-6-7-11/h1-5,9-11,16H,6-8H2. The zero-order valence-electron chi connectivity index (χ0n) is 11.4. The largest absolute Gasteiger partial charge is 0.308 e. The fourth-order valence-electron chi connectivity index (χ4n) is 2.09.